The molecule has 34 heavy (non-hydrogen) atoms. The molecule has 1 fully saturated rings. The summed E-state index contributed by atoms with van der Waals surface area (Å²) in [4.78, 5) is 21.7. The Kier molecular flexibility index (Phi) is 7.16. The van der Waals surface area contributed by atoms with Crippen LogP contribution in [0.5, 0.6) is 0 Å². The highest BCUT2D eigenvalue weighted by Gasteiger charge is 2.25. The van der Waals surface area contributed by atoms with Gasteiger partial charge < -0.3 is 16.4 Å². The Morgan fingerprint density at radius 1 is 1.18 bits per heavy atom. The number of benzene rings is 1. The van der Waals surface area contributed by atoms with E-state index in [-0.39, 0.29) is 29.8 Å². The number of ketones is 1. The monoisotopic (exact) mass is 463 g/mol. The van der Waals surface area contributed by atoms with Gasteiger partial charge in [0.2, 0.25) is 5.95 Å². The Morgan fingerprint density at radius 2 is 1.94 bits per heavy atom. The third-order valence-electron chi connectivity index (χ3n) is 6.53. The van der Waals surface area contributed by atoms with E-state index in [0.717, 1.165) is 47.4 Å². The van der Waals surface area contributed by atoms with E-state index in [1.165, 1.54) is 6.42 Å². The molecule has 0 amide bonds. The van der Waals surface area contributed by atoms with Crippen molar-refractivity contribution in [3.05, 3.63) is 41.1 Å². The third-order valence-corrected chi connectivity index (χ3v) is 6.53. The number of carbonyl (C=O) groups excluding carboxylic acids is 1. The first-order chi connectivity index (χ1) is 16.2. The zero-order valence-electron chi connectivity index (χ0n) is 20.9. The fourth-order valence-corrected chi connectivity index (χ4v) is 4.60. The van der Waals surface area contributed by atoms with E-state index in [9.17, 15) is 4.79 Å². The van der Waals surface area contributed by atoms with Gasteiger partial charge in [0, 0.05) is 30.2 Å². The Labute approximate surface area is 201 Å². The molecule has 2 aromatic heterocycles. The molecule has 4 N–H and O–H groups in total. The van der Waals surface area contributed by atoms with E-state index in [2.05, 4.69) is 38.3 Å². The second kappa shape index (κ2) is 10.1. The summed E-state index contributed by atoms with van der Waals surface area (Å²) in [6.45, 7) is 10.6. The molecule has 8 heteroatoms. The van der Waals surface area contributed by atoms with E-state index in [1.807, 2.05) is 28.9 Å². The minimum atomic E-state index is 0.0565. The molecule has 1 aromatic carbocycles. The minimum Gasteiger partial charge on any atom is -0.364 e. The molecule has 0 aliphatic heterocycles. The van der Waals surface area contributed by atoms with Gasteiger partial charge >= 0.3 is 0 Å². The predicted molar refractivity (Wildman–Crippen MR) is 137 cm³/mol. The van der Waals surface area contributed by atoms with Crippen molar-refractivity contribution in [3.8, 4) is 0 Å². The Bertz CT molecular complexity index is 1170. The number of Topliss-reactive ketones (excluding diaryl/α,β-unsaturated/α-hetero) is 1. The topological polar surface area (TPSA) is 111 Å². The number of fused-ring (bicyclic) bond motifs is 1. The summed E-state index contributed by atoms with van der Waals surface area (Å²) < 4.78 is 2.01. The lowest BCUT2D eigenvalue weighted by atomic mass is 9.91. The highest BCUT2D eigenvalue weighted by atomic mass is 16.1. The maximum Gasteiger partial charge on any atom is 0.225 e. The summed E-state index contributed by atoms with van der Waals surface area (Å²) in [5.74, 6) is 1.60. The second-order valence-corrected chi connectivity index (χ2v) is 9.98. The van der Waals surface area contributed by atoms with Crippen LogP contribution in [0.3, 0.4) is 0 Å². The number of aromatic nitrogens is 4. The van der Waals surface area contributed by atoms with Crippen molar-refractivity contribution in [1.82, 2.24) is 19.7 Å². The first-order valence-corrected chi connectivity index (χ1v) is 12.4. The fourth-order valence-electron chi connectivity index (χ4n) is 4.60. The zero-order valence-corrected chi connectivity index (χ0v) is 20.9. The number of hydrogen-bond donors (Lipinski definition) is 3. The van der Waals surface area contributed by atoms with Gasteiger partial charge in [-0.1, -0.05) is 44.9 Å². The van der Waals surface area contributed by atoms with Gasteiger partial charge in [-0.05, 0) is 51.2 Å². The van der Waals surface area contributed by atoms with Gasteiger partial charge in [-0.15, -0.1) is 0 Å². The van der Waals surface area contributed by atoms with Crippen LogP contribution in [0.25, 0.3) is 11.0 Å². The molecular weight excluding hydrogens is 426 g/mol. The van der Waals surface area contributed by atoms with Crippen molar-refractivity contribution in [2.75, 3.05) is 10.6 Å². The van der Waals surface area contributed by atoms with E-state index in [1.54, 1.807) is 6.92 Å². The number of anilines is 2. The van der Waals surface area contributed by atoms with Gasteiger partial charge in [-0.3, -0.25) is 9.48 Å². The number of carbonyl (C=O) groups is 1. The average Bonchev–Trinajstić information content (AvgIpc) is 3.19. The summed E-state index contributed by atoms with van der Waals surface area (Å²) in [5.41, 5.74) is 10.8. The molecular formula is C26H37N7O. The first kappa shape index (κ1) is 24.1. The van der Waals surface area contributed by atoms with Crippen LogP contribution >= 0.6 is 0 Å². The Morgan fingerprint density at radius 3 is 2.62 bits per heavy atom. The lowest BCUT2D eigenvalue weighted by Gasteiger charge is -2.29. The van der Waals surface area contributed by atoms with Crippen LogP contribution in [0, 0.1) is 0 Å². The van der Waals surface area contributed by atoms with Crippen LogP contribution in [0.1, 0.15) is 93.9 Å². The molecule has 2 atom stereocenters. The molecule has 1 saturated carbocycles. The largest absolute Gasteiger partial charge is 0.364 e. The molecule has 0 spiro atoms. The molecule has 1 aliphatic carbocycles. The predicted octanol–water partition coefficient (Wildman–Crippen LogP) is 5.03. The van der Waals surface area contributed by atoms with Crippen molar-refractivity contribution in [2.24, 2.45) is 5.73 Å². The van der Waals surface area contributed by atoms with Crippen molar-refractivity contribution in [2.45, 2.75) is 90.9 Å². The average molecular weight is 464 g/mol. The zero-order chi connectivity index (χ0) is 24.4. The summed E-state index contributed by atoms with van der Waals surface area (Å²) in [6, 6.07) is 8.11. The molecule has 4 rings (SSSR count). The molecule has 2 heterocycles. The van der Waals surface area contributed by atoms with Gasteiger partial charge in [0.25, 0.3) is 0 Å². The maximum absolute atomic E-state index is 11.8. The second-order valence-electron chi connectivity index (χ2n) is 9.98. The van der Waals surface area contributed by atoms with E-state index >= 15 is 0 Å². The lowest BCUT2D eigenvalue weighted by molar-refractivity contribution is 0.101. The summed E-state index contributed by atoms with van der Waals surface area (Å²) in [7, 11) is 0. The van der Waals surface area contributed by atoms with E-state index < -0.39 is 0 Å². The van der Waals surface area contributed by atoms with Crippen molar-refractivity contribution < 1.29 is 4.79 Å². The van der Waals surface area contributed by atoms with Crippen LogP contribution in [0.2, 0.25) is 0 Å². The standard InChI is InChI=1S/C26H37N7O/c1-15(2)22-23-24(33(32-22)16(3)4)25(28-14-18-9-8-10-19(13-18)17(5)34)31-26(30-23)29-21-12-7-6-11-20(21)27/h8-10,13,15-16,20-21H,6-7,11-12,14,27H2,1-5H3,(H2,28,29,30,31). The van der Waals surface area contributed by atoms with Gasteiger partial charge in [-0.25, -0.2) is 4.98 Å². The maximum atomic E-state index is 11.8. The van der Waals surface area contributed by atoms with Gasteiger partial charge in [0.15, 0.2) is 11.6 Å². The molecule has 0 saturated heterocycles. The van der Waals surface area contributed by atoms with Crippen LogP contribution in [-0.2, 0) is 6.54 Å². The third kappa shape index (κ3) is 5.06. The fraction of sp³-hybridized carbons (Fsp3) is 0.538. The van der Waals surface area contributed by atoms with E-state index in [4.69, 9.17) is 20.8 Å². The van der Waals surface area contributed by atoms with Crippen molar-refractivity contribution >= 4 is 28.6 Å². The molecule has 0 bridgehead atoms. The highest BCUT2D eigenvalue weighted by Crippen LogP contribution is 2.32. The normalized spacial score (nSPS) is 18.6. The van der Waals surface area contributed by atoms with Crippen LogP contribution < -0.4 is 16.4 Å². The SMILES string of the molecule is CC(=O)c1cccc(CNc2nc(NC3CCCCC3N)nc3c(C(C)C)nn(C(C)C)c23)c1. The molecule has 8 nitrogen and oxygen atoms in total. The lowest BCUT2D eigenvalue weighted by Crippen LogP contribution is -2.43. The minimum absolute atomic E-state index is 0.0565. The van der Waals surface area contributed by atoms with Crippen LogP contribution in [-0.4, -0.2) is 37.6 Å². The van der Waals surface area contributed by atoms with Crippen molar-refractivity contribution in [1.29, 1.82) is 0 Å². The smallest absolute Gasteiger partial charge is 0.225 e. The Hall–Kier alpha value is -3.00. The van der Waals surface area contributed by atoms with Crippen molar-refractivity contribution in [3.63, 3.8) is 0 Å². The number of hydrogen-bond acceptors (Lipinski definition) is 7. The number of nitrogens with one attached hydrogen (secondary N) is 2. The summed E-state index contributed by atoms with van der Waals surface area (Å²) in [6.07, 6.45) is 4.36. The molecule has 1 aliphatic rings. The molecule has 182 valence electrons. The van der Waals surface area contributed by atoms with E-state index in [0.29, 0.717) is 18.1 Å². The first-order valence-electron chi connectivity index (χ1n) is 12.4. The highest BCUT2D eigenvalue weighted by molar-refractivity contribution is 5.94. The number of nitrogens with two attached hydrogens (primary N) is 1. The number of rotatable bonds is 8. The number of nitrogens with zero attached hydrogens (tertiary/aromatic N) is 4. The van der Waals surface area contributed by atoms with Gasteiger partial charge in [0.1, 0.15) is 11.0 Å². The van der Waals surface area contributed by atoms with Gasteiger partial charge in [0.05, 0.1) is 5.69 Å². The summed E-state index contributed by atoms with van der Waals surface area (Å²) in [5, 5.41) is 12.0. The van der Waals surface area contributed by atoms with Crippen LogP contribution in [0.4, 0.5) is 11.8 Å². The molecule has 2 unspecified atom stereocenters. The molecule has 0 radical (unpaired) electrons. The van der Waals surface area contributed by atoms with Gasteiger partial charge in [-0.2, -0.15) is 10.1 Å². The quantitative estimate of drug-likeness (QED) is 0.402. The Balaban J connectivity index is 1.75. The molecule has 3 aromatic rings. The summed E-state index contributed by atoms with van der Waals surface area (Å²) >= 11 is 0. The van der Waals surface area contributed by atoms with Crippen LogP contribution in [0.15, 0.2) is 24.3 Å².